The van der Waals surface area contributed by atoms with E-state index in [-0.39, 0.29) is 52.5 Å². The number of carbonyl (C=O) groups excluding carboxylic acids is 2. The molecule has 2 aromatic heterocycles. The molecule has 1 aliphatic carbocycles. The van der Waals surface area contributed by atoms with E-state index in [0.717, 1.165) is 89.5 Å². The van der Waals surface area contributed by atoms with Gasteiger partial charge < -0.3 is 29.3 Å². The highest BCUT2D eigenvalue weighted by molar-refractivity contribution is 5.97. The number of rotatable bonds is 13. The average Bonchev–Trinajstić information content (AvgIpc) is 3.08. The van der Waals surface area contributed by atoms with Crippen molar-refractivity contribution in [2.45, 2.75) is 97.6 Å². The molecule has 0 bridgehead atoms. The summed E-state index contributed by atoms with van der Waals surface area (Å²) in [5.41, 5.74) is 2.33. The van der Waals surface area contributed by atoms with Gasteiger partial charge in [-0.2, -0.15) is 0 Å². The van der Waals surface area contributed by atoms with Gasteiger partial charge in [-0.25, -0.2) is 19.2 Å². The highest BCUT2D eigenvalue weighted by atomic mass is 19.1. The van der Waals surface area contributed by atoms with Crippen LogP contribution in [-0.4, -0.2) is 118 Å². The first-order valence-electron chi connectivity index (χ1n) is 19.7. The molecule has 14 heteroatoms. The number of likely N-dealkylation sites (tertiary alicyclic amines) is 1. The van der Waals surface area contributed by atoms with Gasteiger partial charge in [-0.3, -0.25) is 19.6 Å². The van der Waals surface area contributed by atoms with Crippen molar-refractivity contribution in [3.05, 3.63) is 65.6 Å². The number of aromatic nitrogens is 3. The number of hydrogen-bond acceptors (Lipinski definition) is 11. The van der Waals surface area contributed by atoms with Crippen molar-refractivity contribution in [1.82, 2.24) is 35.0 Å². The molecule has 2 amide bonds. The van der Waals surface area contributed by atoms with Crippen molar-refractivity contribution >= 4 is 17.8 Å². The fraction of sp³-hybridized carbons (Fsp3) is 0.585. The molecule has 1 aromatic carbocycles. The van der Waals surface area contributed by atoms with Gasteiger partial charge in [-0.1, -0.05) is 0 Å². The van der Waals surface area contributed by atoms with Crippen LogP contribution in [0, 0.1) is 11.2 Å². The Morgan fingerprint density at radius 3 is 2.53 bits per heavy atom. The third-order valence-electron chi connectivity index (χ3n) is 11.0. The van der Waals surface area contributed by atoms with Gasteiger partial charge in [-0.05, 0) is 98.2 Å². The van der Waals surface area contributed by atoms with Gasteiger partial charge in [0, 0.05) is 86.7 Å². The standard InChI is InChI=1S/C41H55FN8O5/c1-7-50(27(2)3)38(51)31-17-28(42)9-10-34(31)55-36-20-43-26-45-37(36)49-24-41(25-49)18-29(19-41)53-35-11-13-44-33-12-16-47(23-32(33)35)14-8-15-48-21-30(22-48)54-39(52)46-40(4,5)6/h9-11,13,17,20,26-27,29-30H,7-8,12,14-16,18-19,21-25H2,1-6H3,(H,46,52). The van der Waals surface area contributed by atoms with E-state index in [9.17, 15) is 14.0 Å². The zero-order valence-corrected chi connectivity index (χ0v) is 33.0. The summed E-state index contributed by atoms with van der Waals surface area (Å²) in [4.78, 5) is 47.6. The van der Waals surface area contributed by atoms with E-state index >= 15 is 0 Å². The van der Waals surface area contributed by atoms with Gasteiger partial charge in [-0.15, -0.1) is 0 Å². The Kier molecular flexibility index (Phi) is 11.2. The minimum absolute atomic E-state index is 0.0383. The first-order valence-corrected chi connectivity index (χ1v) is 19.7. The lowest BCUT2D eigenvalue weighted by Crippen LogP contribution is -2.65. The molecule has 0 radical (unpaired) electrons. The molecule has 296 valence electrons. The molecule has 1 spiro atoms. The molecule has 13 nitrogen and oxygen atoms in total. The van der Waals surface area contributed by atoms with E-state index < -0.39 is 5.82 Å². The monoisotopic (exact) mass is 758 g/mol. The number of anilines is 1. The number of amides is 2. The Bertz CT molecular complexity index is 1850. The van der Waals surface area contributed by atoms with Gasteiger partial charge in [0.2, 0.25) is 0 Å². The van der Waals surface area contributed by atoms with Crippen LogP contribution in [0.5, 0.6) is 17.2 Å². The summed E-state index contributed by atoms with van der Waals surface area (Å²) in [6.07, 6.45) is 8.56. The van der Waals surface area contributed by atoms with Gasteiger partial charge in [0.25, 0.3) is 5.91 Å². The van der Waals surface area contributed by atoms with Crippen LogP contribution in [0.15, 0.2) is 43.0 Å². The lowest BCUT2D eigenvalue weighted by atomic mass is 9.61. The second-order valence-electron chi connectivity index (χ2n) is 16.9. The molecule has 3 fully saturated rings. The number of pyridine rings is 1. The molecule has 3 aliphatic heterocycles. The van der Waals surface area contributed by atoms with E-state index in [1.165, 1.54) is 30.1 Å². The highest BCUT2D eigenvalue weighted by Crippen LogP contribution is 2.52. The first-order chi connectivity index (χ1) is 26.3. The van der Waals surface area contributed by atoms with Crippen molar-refractivity contribution in [1.29, 1.82) is 0 Å². The number of alkyl carbamates (subject to hydrolysis) is 1. The maximum absolute atomic E-state index is 14.3. The van der Waals surface area contributed by atoms with Crippen LogP contribution in [0.2, 0.25) is 0 Å². The van der Waals surface area contributed by atoms with Crippen LogP contribution in [0.4, 0.5) is 15.0 Å². The zero-order valence-electron chi connectivity index (χ0n) is 33.0. The summed E-state index contributed by atoms with van der Waals surface area (Å²) in [6, 6.07) is 5.98. The van der Waals surface area contributed by atoms with E-state index in [2.05, 4.69) is 30.0 Å². The Morgan fingerprint density at radius 1 is 1.04 bits per heavy atom. The number of hydrogen-bond donors (Lipinski definition) is 1. The fourth-order valence-corrected chi connectivity index (χ4v) is 8.29. The van der Waals surface area contributed by atoms with Gasteiger partial charge >= 0.3 is 6.09 Å². The SMILES string of the molecule is CCN(C(=O)c1cc(F)ccc1Oc1cncnc1N1CC2(CC(Oc3ccnc4c3CN(CCCN3CC(OC(=O)NC(C)(C)C)C3)CC4)C2)C1)C(C)C. The van der Waals surface area contributed by atoms with Crippen molar-refractivity contribution in [2.75, 3.05) is 57.3 Å². The molecule has 5 heterocycles. The number of nitrogens with zero attached hydrogens (tertiary/aromatic N) is 7. The fourth-order valence-electron chi connectivity index (χ4n) is 8.29. The number of carbonyl (C=O) groups is 2. The highest BCUT2D eigenvalue weighted by Gasteiger charge is 2.54. The minimum Gasteiger partial charge on any atom is -0.490 e. The molecule has 4 aliphatic rings. The minimum atomic E-state index is -0.500. The quantitative estimate of drug-likeness (QED) is 0.232. The molecular weight excluding hydrogens is 703 g/mol. The molecule has 7 rings (SSSR count). The summed E-state index contributed by atoms with van der Waals surface area (Å²) in [5, 5.41) is 2.86. The van der Waals surface area contributed by atoms with Crippen molar-refractivity contribution in [3.63, 3.8) is 0 Å². The lowest BCUT2D eigenvalue weighted by Gasteiger charge is -2.59. The lowest BCUT2D eigenvalue weighted by molar-refractivity contribution is -0.0353. The molecule has 2 saturated heterocycles. The summed E-state index contributed by atoms with van der Waals surface area (Å²) < 4.78 is 32.8. The van der Waals surface area contributed by atoms with Crippen LogP contribution in [0.3, 0.4) is 0 Å². The summed E-state index contributed by atoms with van der Waals surface area (Å²) in [7, 11) is 0. The second-order valence-corrected chi connectivity index (χ2v) is 16.9. The summed E-state index contributed by atoms with van der Waals surface area (Å²) in [6.45, 7) is 19.1. The number of fused-ring (bicyclic) bond motifs is 1. The molecule has 1 N–H and O–H groups in total. The molecular formula is C41H55FN8O5. The third kappa shape index (κ3) is 8.96. The average molecular weight is 759 g/mol. The third-order valence-corrected chi connectivity index (χ3v) is 11.0. The summed E-state index contributed by atoms with van der Waals surface area (Å²) in [5.74, 6) is 1.50. The summed E-state index contributed by atoms with van der Waals surface area (Å²) >= 11 is 0. The van der Waals surface area contributed by atoms with Crippen LogP contribution >= 0.6 is 0 Å². The normalized spacial score (nSPS) is 18.6. The molecule has 55 heavy (non-hydrogen) atoms. The van der Waals surface area contributed by atoms with Crippen LogP contribution in [0.1, 0.15) is 82.4 Å². The van der Waals surface area contributed by atoms with E-state index in [0.29, 0.717) is 18.1 Å². The van der Waals surface area contributed by atoms with Crippen LogP contribution in [-0.2, 0) is 17.7 Å². The van der Waals surface area contributed by atoms with Crippen molar-refractivity contribution in [2.24, 2.45) is 5.41 Å². The van der Waals surface area contributed by atoms with Crippen molar-refractivity contribution in [3.8, 4) is 17.2 Å². The number of halogens is 1. The van der Waals surface area contributed by atoms with Gasteiger partial charge in [0.15, 0.2) is 11.6 Å². The molecule has 0 unspecified atom stereocenters. The predicted octanol–water partition coefficient (Wildman–Crippen LogP) is 5.68. The molecule has 3 aromatic rings. The number of ether oxygens (including phenoxy) is 3. The van der Waals surface area contributed by atoms with E-state index in [1.54, 1.807) is 11.1 Å². The number of nitrogens with one attached hydrogen (secondary N) is 1. The topological polar surface area (TPSA) is 125 Å². The smallest absolute Gasteiger partial charge is 0.407 e. The van der Waals surface area contributed by atoms with Gasteiger partial charge in [0.05, 0.1) is 11.8 Å². The largest absolute Gasteiger partial charge is 0.490 e. The number of benzene rings is 1. The maximum atomic E-state index is 14.3. The molecule has 0 atom stereocenters. The Morgan fingerprint density at radius 2 is 1.80 bits per heavy atom. The maximum Gasteiger partial charge on any atom is 0.407 e. The van der Waals surface area contributed by atoms with Crippen LogP contribution < -0.4 is 19.7 Å². The predicted molar refractivity (Wildman–Crippen MR) is 206 cm³/mol. The Balaban J connectivity index is 0.887. The Labute approximate surface area is 323 Å². The van der Waals surface area contributed by atoms with Crippen molar-refractivity contribution < 1.29 is 28.2 Å². The first kappa shape index (κ1) is 38.7. The molecule has 1 saturated carbocycles. The van der Waals surface area contributed by atoms with Crippen LogP contribution in [0.25, 0.3) is 0 Å². The zero-order chi connectivity index (χ0) is 38.9. The van der Waals surface area contributed by atoms with E-state index in [1.807, 2.05) is 53.8 Å². The Hall–Kier alpha value is -4.56. The van der Waals surface area contributed by atoms with Gasteiger partial charge in [0.1, 0.15) is 35.9 Å². The second kappa shape index (κ2) is 15.9. The van der Waals surface area contributed by atoms with E-state index in [4.69, 9.17) is 19.2 Å².